The van der Waals surface area contributed by atoms with Crippen LogP contribution in [0.1, 0.15) is 0 Å². The quantitative estimate of drug-likeness (QED) is 0.347. The lowest BCUT2D eigenvalue weighted by Crippen LogP contribution is -2.28. The van der Waals surface area contributed by atoms with Crippen molar-refractivity contribution < 1.29 is 34.6 Å². The molecule has 0 unspecified atom stereocenters. The predicted octanol–water partition coefficient (Wildman–Crippen LogP) is 4.72. The van der Waals surface area contributed by atoms with Crippen LogP contribution < -0.4 is 4.18 Å². The van der Waals surface area contributed by atoms with Gasteiger partial charge in [-0.05, 0) is 40.2 Å². The predicted molar refractivity (Wildman–Crippen MR) is 77.0 cm³/mol. The standard InChI is InChI=1S/C13H5BrF4O4S/c14-12-6(15)4-5-8-11(12)10-7(21-8)2-1-3-9(10)22-23(19,20)13(16,17)18/h1-5H. The maximum Gasteiger partial charge on any atom is 0.534 e. The monoisotopic (exact) mass is 412 g/mol. The smallest absolute Gasteiger partial charge is 0.456 e. The van der Waals surface area contributed by atoms with Crippen LogP contribution >= 0.6 is 15.9 Å². The third-order valence-electron chi connectivity index (χ3n) is 3.00. The van der Waals surface area contributed by atoms with Gasteiger partial charge in [0.2, 0.25) is 0 Å². The number of halogens is 5. The van der Waals surface area contributed by atoms with Gasteiger partial charge < -0.3 is 8.60 Å². The molecule has 1 heterocycles. The maximum atomic E-state index is 13.7. The lowest BCUT2D eigenvalue weighted by Gasteiger charge is -2.10. The van der Waals surface area contributed by atoms with Gasteiger partial charge in [0.1, 0.15) is 17.0 Å². The number of hydrogen-bond donors (Lipinski definition) is 0. The van der Waals surface area contributed by atoms with Crippen molar-refractivity contribution in [1.29, 1.82) is 0 Å². The van der Waals surface area contributed by atoms with Crippen molar-refractivity contribution in [3.63, 3.8) is 0 Å². The molecule has 0 fully saturated rings. The summed E-state index contributed by atoms with van der Waals surface area (Å²) in [4.78, 5) is 0. The van der Waals surface area contributed by atoms with Gasteiger partial charge in [0.15, 0.2) is 5.75 Å². The van der Waals surface area contributed by atoms with Crippen LogP contribution in [0.2, 0.25) is 0 Å². The molecule has 0 aliphatic heterocycles. The van der Waals surface area contributed by atoms with Gasteiger partial charge in [0, 0.05) is 5.39 Å². The lowest BCUT2D eigenvalue weighted by molar-refractivity contribution is -0.0499. The Hall–Kier alpha value is -1.81. The topological polar surface area (TPSA) is 56.5 Å². The Morgan fingerprint density at radius 3 is 2.35 bits per heavy atom. The van der Waals surface area contributed by atoms with Gasteiger partial charge in [-0.3, -0.25) is 0 Å². The van der Waals surface area contributed by atoms with Crippen molar-refractivity contribution in [3.05, 3.63) is 40.6 Å². The van der Waals surface area contributed by atoms with Crippen LogP contribution in [0.5, 0.6) is 5.75 Å². The summed E-state index contributed by atoms with van der Waals surface area (Å²) in [5.41, 5.74) is -5.37. The van der Waals surface area contributed by atoms with E-state index in [1.165, 1.54) is 18.2 Å². The summed E-state index contributed by atoms with van der Waals surface area (Å²) in [5, 5.41) is -0.00493. The average molecular weight is 413 g/mol. The van der Waals surface area contributed by atoms with E-state index in [0.717, 1.165) is 12.1 Å². The fraction of sp³-hybridized carbons (Fsp3) is 0.0769. The first-order valence-electron chi connectivity index (χ1n) is 5.92. The van der Waals surface area contributed by atoms with Gasteiger partial charge >= 0.3 is 15.6 Å². The molecule has 0 N–H and O–H groups in total. The highest BCUT2D eigenvalue weighted by molar-refractivity contribution is 9.10. The van der Waals surface area contributed by atoms with Crippen LogP contribution in [0.15, 0.2) is 39.2 Å². The van der Waals surface area contributed by atoms with E-state index in [9.17, 15) is 26.0 Å². The SMILES string of the molecule is O=S(=O)(Oc1cccc2oc3ccc(F)c(Br)c3c12)C(F)(F)F. The highest BCUT2D eigenvalue weighted by Crippen LogP contribution is 2.41. The third kappa shape index (κ3) is 2.55. The van der Waals surface area contributed by atoms with Gasteiger partial charge in [0.25, 0.3) is 0 Å². The molecule has 2 aromatic carbocycles. The lowest BCUT2D eigenvalue weighted by atomic mass is 10.1. The molecular weight excluding hydrogens is 408 g/mol. The van der Waals surface area contributed by atoms with E-state index >= 15 is 0 Å². The second kappa shape index (κ2) is 5.10. The van der Waals surface area contributed by atoms with E-state index in [4.69, 9.17) is 4.42 Å². The van der Waals surface area contributed by atoms with E-state index in [2.05, 4.69) is 20.1 Å². The molecule has 0 spiro atoms. The highest BCUT2D eigenvalue weighted by Gasteiger charge is 2.48. The second-order valence-electron chi connectivity index (χ2n) is 4.45. The Bertz CT molecular complexity index is 1020. The van der Waals surface area contributed by atoms with Crippen molar-refractivity contribution >= 4 is 48.0 Å². The van der Waals surface area contributed by atoms with Crippen LogP contribution in [0.25, 0.3) is 21.9 Å². The average Bonchev–Trinajstić information content (AvgIpc) is 2.81. The summed E-state index contributed by atoms with van der Waals surface area (Å²) in [5.74, 6) is -1.29. The molecule has 0 saturated carbocycles. The number of alkyl halides is 3. The highest BCUT2D eigenvalue weighted by atomic mass is 79.9. The Labute approximate surface area is 134 Å². The molecule has 23 heavy (non-hydrogen) atoms. The fourth-order valence-electron chi connectivity index (χ4n) is 2.05. The van der Waals surface area contributed by atoms with E-state index in [1.54, 1.807) is 0 Å². The number of fused-ring (bicyclic) bond motifs is 3. The molecule has 0 aliphatic carbocycles. The molecule has 3 rings (SSSR count). The summed E-state index contributed by atoms with van der Waals surface area (Å²) >= 11 is 2.97. The molecule has 10 heteroatoms. The Kier molecular flexibility index (Phi) is 3.56. The van der Waals surface area contributed by atoms with Gasteiger partial charge in [-0.25, -0.2) is 4.39 Å². The first kappa shape index (κ1) is 16.1. The van der Waals surface area contributed by atoms with Gasteiger partial charge in [-0.2, -0.15) is 21.6 Å². The van der Waals surface area contributed by atoms with E-state index in [-0.39, 0.29) is 26.4 Å². The van der Waals surface area contributed by atoms with Gasteiger partial charge in [-0.1, -0.05) is 6.07 Å². The van der Waals surface area contributed by atoms with Crippen molar-refractivity contribution in [2.75, 3.05) is 0 Å². The van der Waals surface area contributed by atoms with Crippen LogP contribution in [-0.4, -0.2) is 13.9 Å². The van der Waals surface area contributed by atoms with Crippen molar-refractivity contribution in [2.24, 2.45) is 0 Å². The third-order valence-corrected chi connectivity index (χ3v) is 4.74. The Morgan fingerprint density at radius 2 is 1.70 bits per heavy atom. The largest absolute Gasteiger partial charge is 0.534 e. The van der Waals surface area contributed by atoms with Gasteiger partial charge in [0.05, 0.1) is 9.86 Å². The molecule has 0 saturated heterocycles. The summed E-state index contributed by atoms with van der Waals surface area (Å²) in [6, 6.07) is 6.06. The van der Waals surface area contributed by atoms with Gasteiger partial charge in [-0.15, -0.1) is 0 Å². The molecular formula is C13H5BrF4O4S. The van der Waals surface area contributed by atoms with Crippen molar-refractivity contribution in [3.8, 4) is 5.75 Å². The molecule has 122 valence electrons. The van der Waals surface area contributed by atoms with Crippen LogP contribution in [-0.2, 0) is 10.1 Å². The Morgan fingerprint density at radius 1 is 1.04 bits per heavy atom. The maximum absolute atomic E-state index is 13.7. The molecule has 0 bridgehead atoms. The fourth-order valence-corrected chi connectivity index (χ4v) is 3.04. The van der Waals surface area contributed by atoms with E-state index in [1.807, 2.05) is 0 Å². The number of benzene rings is 2. The minimum absolute atomic E-state index is 0.0566. The van der Waals surface area contributed by atoms with Crippen LogP contribution in [0, 0.1) is 5.82 Å². The molecule has 1 aromatic heterocycles. The number of furan rings is 1. The summed E-state index contributed by atoms with van der Waals surface area (Å²) < 4.78 is 83.1. The number of hydrogen-bond acceptors (Lipinski definition) is 4. The zero-order valence-electron chi connectivity index (χ0n) is 10.8. The van der Waals surface area contributed by atoms with E-state index < -0.39 is 27.2 Å². The van der Waals surface area contributed by atoms with Crippen molar-refractivity contribution in [2.45, 2.75) is 5.51 Å². The first-order valence-corrected chi connectivity index (χ1v) is 8.12. The summed E-state index contributed by atoms with van der Waals surface area (Å²) in [6.45, 7) is 0. The summed E-state index contributed by atoms with van der Waals surface area (Å²) in [7, 11) is -5.86. The van der Waals surface area contributed by atoms with Crippen LogP contribution in [0.4, 0.5) is 17.6 Å². The van der Waals surface area contributed by atoms with Crippen LogP contribution in [0.3, 0.4) is 0 Å². The molecule has 0 aliphatic rings. The minimum atomic E-state index is -5.86. The second-order valence-corrected chi connectivity index (χ2v) is 6.78. The molecule has 0 radical (unpaired) electrons. The minimum Gasteiger partial charge on any atom is -0.456 e. The Balaban J connectivity index is 2.33. The molecule has 3 aromatic rings. The molecule has 4 nitrogen and oxygen atoms in total. The molecule has 0 atom stereocenters. The molecule has 0 amide bonds. The van der Waals surface area contributed by atoms with E-state index in [0.29, 0.717) is 0 Å². The first-order chi connectivity index (χ1) is 10.6. The van der Waals surface area contributed by atoms with Crippen molar-refractivity contribution in [1.82, 2.24) is 0 Å². The summed E-state index contributed by atoms with van der Waals surface area (Å²) in [6.07, 6.45) is 0. The number of rotatable bonds is 2. The zero-order chi connectivity index (χ0) is 17.0. The normalized spacial score (nSPS) is 12.9. The zero-order valence-corrected chi connectivity index (χ0v) is 13.2.